The summed E-state index contributed by atoms with van der Waals surface area (Å²) in [5.74, 6) is -2.29. The first-order chi connectivity index (χ1) is 29.4. The fourth-order valence-electron chi connectivity index (χ4n) is 5.83. The molecule has 0 bridgehead atoms. The number of phosphoric ester groups is 1. The number of rotatable bonds is 42. The van der Waals surface area contributed by atoms with E-state index in [1.165, 1.54) is 69.5 Å². The Hall–Kier alpha value is -2.55. The van der Waals surface area contributed by atoms with Gasteiger partial charge in [0.25, 0.3) is 0 Å². The number of hydrogen-bond acceptors (Lipinski definition) is 12. The first-order valence-electron chi connectivity index (χ1n) is 22.7. The van der Waals surface area contributed by atoms with Gasteiger partial charge < -0.3 is 36.0 Å². The predicted octanol–water partition coefficient (Wildman–Crippen LogP) is 9.81. The van der Waals surface area contributed by atoms with Gasteiger partial charge in [-0.3, -0.25) is 23.4 Å². The van der Waals surface area contributed by atoms with Crippen LogP contribution in [0.3, 0.4) is 0 Å². The van der Waals surface area contributed by atoms with E-state index in [2.05, 4.69) is 38.2 Å². The maximum absolute atomic E-state index is 12.9. The third-order valence-corrected chi connectivity index (χ3v) is 11.8. The topological polar surface area (TPSA) is 218 Å². The average Bonchev–Trinajstić information content (AvgIpc) is 3.23. The number of ether oxygens (including phenoxy) is 2. The van der Waals surface area contributed by atoms with E-state index >= 15 is 0 Å². The number of carbonyl (C=O) groups excluding carboxylic acids is 2. The summed E-state index contributed by atoms with van der Waals surface area (Å²) in [5.41, 5.74) is 11.5. The van der Waals surface area contributed by atoms with Gasteiger partial charge in [0.15, 0.2) is 6.10 Å². The number of nitrogens with two attached hydrogens (primary N) is 2. The molecule has 0 spiro atoms. The van der Waals surface area contributed by atoms with Crippen LogP contribution in [0.15, 0.2) is 60.8 Å². The largest absolute Gasteiger partial charge is 0.481 e. The van der Waals surface area contributed by atoms with Gasteiger partial charge in [-0.2, -0.15) is 0 Å². The Bertz CT molecular complexity index is 1310. The lowest BCUT2D eigenvalue weighted by atomic mass is 10.1. The summed E-state index contributed by atoms with van der Waals surface area (Å²) in [6.07, 6.45) is 38.6. The van der Waals surface area contributed by atoms with Crippen molar-refractivity contribution in [2.24, 2.45) is 11.5 Å². The monoisotopic (exact) mass is 901 g/mol. The molecule has 15 heteroatoms. The van der Waals surface area contributed by atoms with Crippen molar-refractivity contribution in [3.63, 3.8) is 0 Å². The van der Waals surface area contributed by atoms with Gasteiger partial charge in [0.1, 0.15) is 12.6 Å². The normalized spacial score (nSPS) is 15.2. The van der Waals surface area contributed by atoms with E-state index in [9.17, 15) is 28.9 Å². The van der Waals surface area contributed by atoms with Crippen LogP contribution in [0.25, 0.3) is 0 Å². The molecule has 61 heavy (non-hydrogen) atoms. The zero-order valence-corrected chi connectivity index (χ0v) is 39.0. The molecule has 0 aromatic carbocycles. The third kappa shape index (κ3) is 38.8. The van der Waals surface area contributed by atoms with Gasteiger partial charge in [0, 0.05) is 30.4 Å². The Morgan fingerprint density at radius 3 is 1.97 bits per heavy atom. The Labute approximate surface area is 371 Å². The fourth-order valence-corrected chi connectivity index (χ4v) is 7.73. The Morgan fingerprint density at radius 1 is 0.721 bits per heavy atom. The van der Waals surface area contributed by atoms with Crippen molar-refractivity contribution in [1.29, 1.82) is 0 Å². The number of aliphatic hydroxyl groups excluding tert-OH is 1. The minimum atomic E-state index is -4.52. The summed E-state index contributed by atoms with van der Waals surface area (Å²) in [6.45, 7) is 3.10. The van der Waals surface area contributed by atoms with Crippen LogP contribution < -0.4 is 11.5 Å². The molecule has 13 nitrogen and oxygen atoms in total. The highest BCUT2D eigenvalue weighted by Gasteiger charge is 2.27. The van der Waals surface area contributed by atoms with Gasteiger partial charge in [-0.05, 0) is 64.2 Å². The first kappa shape index (κ1) is 58.5. The number of hydrogen-bond donors (Lipinski definition) is 5. The number of unbranched alkanes of at least 4 members (excludes halogenated alkanes) is 14. The molecule has 1 unspecified atom stereocenters. The number of carboxylic acid groups (broad SMARTS) is 1. The summed E-state index contributed by atoms with van der Waals surface area (Å²) < 4.78 is 32.9. The molecule has 0 rings (SSSR count). The number of aliphatic carboxylic acids is 1. The maximum atomic E-state index is 12.9. The van der Waals surface area contributed by atoms with Crippen molar-refractivity contribution >= 4 is 37.5 Å². The van der Waals surface area contributed by atoms with Crippen LogP contribution in [0.2, 0.25) is 0 Å². The number of carbonyl (C=O) groups is 3. The van der Waals surface area contributed by atoms with Crippen molar-refractivity contribution in [1.82, 2.24) is 0 Å². The summed E-state index contributed by atoms with van der Waals surface area (Å²) in [7, 11) is -4.52. The molecular formula is C46H81N2O11PS. The van der Waals surface area contributed by atoms with Crippen molar-refractivity contribution in [3.8, 4) is 0 Å². The van der Waals surface area contributed by atoms with Crippen LogP contribution >= 0.6 is 19.6 Å². The van der Waals surface area contributed by atoms with Crippen LogP contribution in [0.4, 0.5) is 0 Å². The lowest BCUT2D eigenvalue weighted by molar-refractivity contribution is -0.161. The zero-order valence-electron chi connectivity index (χ0n) is 37.3. The molecule has 0 fully saturated rings. The predicted molar refractivity (Wildman–Crippen MR) is 248 cm³/mol. The lowest BCUT2D eigenvalue weighted by Crippen LogP contribution is -2.38. The molecule has 0 aromatic heterocycles. The second-order valence-electron chi connectivity index (χ2n) is 15.1. The zero-order chi connectivity index (χ0) is 45.2. The number of carboxylic acids is 1. The van der Waals surface area contributed by atoms with Gasteiger partial charge in [0.05, 0.1) is 19.3 Å². The quantitative estimate of drug-likeness (QED) is 0.0127. The average molecular weight is 901 g/mol. The number of thioether (sulfide) groups is 1. The van der Waals surface area contributed by atoms with E-state index < -0.39 is 62.4 Å². The summed E-state index contributed by atoms with van der Waals surface area (Å²) >= 11 is 1.22. The van der Waals surface area contributed by atoms with Crippen LogP contribution in [-0.4, -0.2) is 88.6 Å². The van der Waals surface area contributed by atoms with E-state index in [0.717, 1.165) is 51.4 Å². The molecule has 352 valence electrons. The van der Waals surface area contributed by atoms with E-state index in [1.54, 1.807) is 12.2 Å². The van der Waals surface area contributed by atoms with E-state index in [1.807, 2.05) is 24.3 Å². The van der Waals surface area contributed by atoms with Crippen molar-refractivity contribution in [3.05, 3.63) is 60.8 Å². The smallest absolute Gasteiger partial charge is 0.472 e. The highest BCUT2D eigenvalue weighted by Crippen LogP contribution is 2.43. The molecule has 0 aliphatic heterocycles. The summed E-state index contributed by atoms with van der Waals surface area (Å²) in [6, 6.07) is -1.13. The molecule has 0 aromatic rings. The molecule has 0 amide bonds. The second-order valence-corrected chi connectivity index (χ2v) is 17.8. The second kappa shape index (κ2) is 41.5. The van der Waals surface area contributed by atoms with Crippen LogP contribution in [-0.2, 0) is 37.5 Å². The van der Waals surface area contributed by atoms with Gasteiger partial charge in [-0.1, -0.05) is 139 Å². The van der Waals surface area contributed by atoms with Crippen LogP contribution in [0.5, 0.6) is 0 Å². The molecule has 7 N–H and O–H groups in total. The fraction of sp³-hybridized carbons (Fsp3) is 0.717. The standard InChI is InChI=1S/C46H81N2O11PS/c1-3-5-7-9-11-13-15-17-18-19-21-23-25-27-29-34-45(52)59-40(38-58-60(54,55)57-36-35-47)37-56-46(53)41(48)39-61-43(42(49)31-30-33-44(50)51)32-28-26-24-22-20-16-14-12-10-8-6-4-2/h12,14,17-18,20,22,24,26,28,32,40-43,49H,3-11,13,15-16,19,21,23,25,27,29-31,33-39,47-48H2,1-2H3,(H,50,51)(H,54,55)/b14-12-,18-17-,22-20-,26-24+,32-28+/t40-,41+,42+,43-/m1/s1. The number of aliphatic hydroxyl groups is 1. The summed E-state index contributed by atoms with van der Waals surface area (Å²) in [4.78, 5) is 46.7. The van der Waals surface area contributed by atoms with Crippen LogP contribution in [0, 0.1) is 0 Å². The van der Waals surface area contributed by atoms with E-state index in [-0.39, 0.29) is 44.6 Å². The Balaban J connectivity index is 5.07. The minimum absolute atomic E-state index is 0.0167. The molecule has 5 atom stereocenters. The van der Waals surface area contributed by atoms with Gasteiger partial charge in [-0.25, -0.2) is 4.57 Å². The first-order valence-corrected chi connectivity index (χ1v) is 25.2. The van der Waals surface area contributed by atoms with Gasteiger partial charge in [0.2, 0.25) is 0 Å². The van der Waals surface area contributed by atoms with Crippen molar-refractivity contribution in [2.75, 3.05) is 32.1 Å². The number of allylic oxidation sites excluding steroid dienone is 9. The SMILES string of the molecule is CCCCC/C=C\C\C=C/C=C/C=C/[C@@H](SC[C@H](N)C(=O)OC[C@H](COP(=O)(O)OCCN)OC(=O)CCCCCCC/C=C\CCCCCCCC)[C@@H](O)CCCC(=O)O. The number of phosphoric acid groups is 1. The molecule has 0 aliphatic carbocycles. The Kier molecular flexibility index (Phi) is 39.7. The molecule has 0 saturated heterocycles. The molecular weight excluding hydrogens is 820 g/mol. The van der Waals surface area contributed by atoms with Crippen molar-refractivity contribution in [2.45, 2.75) is 179 Å². The molecule has 0 radical (unpaired) electrons. The molecule has 0 aliphatic rings. The minimum Gasteiger partial charge on any atom is -0.481 e. The molecule has 0 saturated carbocycles. The maximum Gasteiger partial charge on any atom is 0.472 e. The number of esters is 2. The third-order valence-electron chi connectivity index (χ3n) is 9.37. The van der Waals surface area contributed by atoms with Gasteiger partial charge >= 0.3 is 25.7 Å². The molecule has 0 heterocycles. The Morgan fingerprint density at radius 2 is 1.31 bits per heavy atom. The highest BCUT2D eigenvalue weighted by molar-refractivity contribution is 8.00. The van der Waals surface area contributed by atoms with Gasteiger partial charge in [-0.15, -0.1) is 11.8 Å². The van der Waals surface area contributed by atoms with E-state index in [0.29, 0.717) is 6.42 Å². The summed E-state index contributed by atoms with van der Waals surface area (Å²) in [5, 5.41) is 19.4. The van der Waals surface area contributed by atoms with Crippen LogP contribution in [0.1, 0.15) is 155 Å². The van der Waals surface area contributed by atoms with Crippen molar-refractivity contribution < 1.29 is 52.6 Å². The van der Waals surface area contributed by atoms with E-state index in [4.69, 9.17) is 35.1 Å². The lowest BCUT2D eigenvalue weighted by Gasteiger charge is -2.22. The highest BCUT2D eigenvalue weighted by atomic mass is 32.2.